The molecule has 1 saturated heterocycles. The van der Waals surface area contributed by atoms with Gasteiger partial charge in [-0.2, -0.15) is 0 Å². The minimum Gasteiger partial charge on any atom is -0.480 e. The van der Waals surface area contributed by atoms with Crippen LogP contribution >= 0.6 is 0 Å². The summed E-state index contributed by atoms with van der Waals surface area (Å²) < 4.78 is 10.5. The van der Waals surface area contributed by atoms with E-state index in [0.29, 0.717) is 78.7 Å². The summed E-state index contributed by atoms with van der Waals surface area (Å²) in [5.41, 5.74) is 0. The number of rotatable bonds is 12. The summed E-state index contributed by atoms with van der Waals surface area (Å²) in [6, 6.07) is 0. The second-order valence-electron chi connectivity index (χ2n) is 7.46. The Bertz CT molecular complexity index is 519. The normalized spacial score (nSPS) is 18.9. The van der Waals surface area contributed by atoms with Gasteiger partial charge in [-0.15, -0.1) is 0 Å². The number of carbonyl (C=O) groups is 3. The van der Waals surface area contributed by atoms with Gasteiger partial charge in [-0.05, 0) is 0 Å². The molecule has 180 valence electrons. The number of carboxylic acid groups (broad SMARTS) is 3. The van der Waals surface area contributed by atoms with Gasteiger partial charge in [-0.1, -0.05) is 0 Å². The van der Waals surface area contributed by atoms with E-state index >= 15 is 0 Å². The summed E-state index contributed by atoms with van der Waals surface area (Å²) in [6.07, 6.45) is 0. The second-order valence-corrected chi connectivity index (χ2v) is 7.46. The number of carboxylic acids is 3. The average molecular weight is 449 g/mol. The molecule has 12 heteroatoms. The molecule has 0 aromatic heterocycles. The van der Waals surface area contributed by atoms with Gasteiger partial charge in [-0.25, -0.2) is 0 Å². The van der Waals surface area contributed by atoms with Crippen LogP contribution < -0.4 is 0 Å². The summed E-state index contributed by atoms with van der Waals surface area (Å²) in [7, 11) is 1.60. The Morgan fingerprint density at radius 2 is 0.968 bits per heavy atom. The van der Waals surface area contributed by atoms with Crippen molar-refractivity contribution in [2.45, 2.75) is 0 Å². The molecular formula is C19H36N4O8. The van der Waals surface area contributed by atoms with Crippen molar-refractivity contribution in [2.24, 2.45) is 0 Å². The highest BCUT2D eigenvalue weighted by Crippen LogP contribution is 2.01. The Hall–Kier alpha value is -1.83. The van der Waals surface area contributed by atoms with Crippen molar-refractivity contribution in [1.29, 1.82) is 0 Å². The van der Waals surface area contributed by atoms with E-state index in [0.717, 1.165) is 0 Å². The highest BCUT2D eigenvalue weighted by Gasteiger charge is 2.19. The first-order chi connectivity index (χ1) is 14.8. The van der Waals surface area contributed by atoms with E-state index in [9.17, 15) is 24.6 Å². The number of methoxy groups -OCH3 is 1. The van der Waals surface area contributed by atoms with E-state index in [2.05, 4.69) is 4.90 Å². The Kier molecular flexibility index (Phi) is 13.9. The third-order valence-electron chi connectivity index (χ3n) is 4.99. The number of aliphatic carboxylic acids is 3. The molecule has 0 aliphatic carbocycles. The van der Waals surface area contributed by atoms with Crippen LogP contribution in [-0.4, -0.2) is 158 Å². The summed E-state index contributed by atoms with van der Waals surface area (Å²) in [4.78, 5) is 41.1. The van der Waals surface area contributed by atoms with Crippen molar-refractivity contribution in [2.75, 3.05) is 105 Å². The lowest BCUT2D eigenvalue weighted by Gasteiger charge is -2.33. The van der Waals surface area contributed by atoms with Gasteiger partial charge < -0.3 is 24.8 Å². The van der Waals surface area contributed by atoms with Crippen LogP contribution in [0.3, 0.4) is 0 Å². The molecule has 0 saturated carbocycles. The van der Waals surface area contributed by atoms with Crippen LogP contribution in [0.5, 0.6) is 0 Å². The molecule has 0 aromatic rings. The van der Waals surface area contributed by atoms with Crippen LogP contribution in [0.1, 0.15) is 0 Å². The number of ether oxygens (including phenoxy) is 2. The highest BCUT2D eigenvalue weighted by atomic mass is 16.5. The molecule has 0 unspecified atom stereocenters. The van der Waals surface area contributed by atoms with E-state index < -0.39 is 17.9 Å². The first-order valence-corrected chi connectivity index (χ1v) is 10.4. The van der Waals surface area contributed by atoms with Gasteiger partial charge in [0.1, 0.15) is 0 Å². The molecule has 1 heterocycles. The SMILES string of the molecule is COCCOCCN1CCN(CC(=O)O)CCN(CC(=O)O)CCN(CC(=O)O)CC1. The molecule has 0 bridgehead atoms. The van der Waals surface area contributed by atoms with Crippen molar-refractivity contribution in [1.82, 2.24) is 19.6 Å². The summed E-state index contributed by atoms with van der Waals surface area (Å²) >= 11 is 0. The molecule has 1 rings (SSSR count). The topological polar surface area (TPSA) is 143 Å². The van der Waals surface area contributed by atoms with Crippen molar-refractivity contribution >= 4 is 17.9 Å². The van der Waals surface area contributed by atoms with E-state index in [-0.39, 0.29) is 19.6 Å². The average Bonchev–Trinajstić information content (AvgIpc) is 2.68. The fourth-order valence-electron chi connectivity index (χ4n) is 3.29. The number of nitrogens with zero attached hydrogens (tertiary/aromatic N) is 4. The molecule has 0 aromatic carbocycles. The van der Waals surface area contributed by atoms with Gasteiger partial charge in [0.2, 0.25) is 0 Å². The Labute approximate surface area is 182 Å². The molecule has 31 heavy (non-hydrogen) atoms. The van der Waals surface area contributed by atoms with Crippen LogP contribution in [0.25, 0.3) is 0 Å². The van der Waals surface area contributed by atoms with Gasteiger partial charge >= 0.3 is 17.9 Å². The van der Waals surface area contributed by atoms with Crippen LogP contribution in [0.4, 0.5) is 0 Å². The first-order valence-electron chi connectivity index (χ1n) is 10.4. The summed E-state index contributed by atoms with van der Waals surface area (Å²) in [5, 5.41) is 27.6. The number of hydrogen-bond acceptors (Lipinski definition) is 9. The molecule has 12 nitrogen and oxygen atoms in total. The smallest absolute Gasteiger partial charge is 0.317 e. The maximum Gasteiger partial charge on any atom is 0.317 e. The number of hydrogen-bond donors (Lipinski definition) is 3. The Morgan fingerprint density at radius 3 is 1.29 bits per heavy atom. The molecule has 1 aliphatic heterocycles. The van der Waals surface area contributed by atoms with Crippen LogP contribution in [0.15, 0.2) is 0 Å². The van der Waals surface area contributed by atoms with Crippen molar-refractivity contribution < 1.29 is 39.2 Å². The molecule has 0 radical (unpaired) electrons. The van der Waals surface area contributed by atoms with E-state index in [4.69, 9.17) is 14.6 Å². The molecule has 1 fully saturated rings. The van der Waals surface area contributed by atoms with E-state index in [1.165, 1.54) is 0 Å². The zero-order chi connectivity index (χ0) is 23.1. The van der Waals surface area contributed by atoms with E-state index in [1.54, 1.807) is 21.8 Å². The maximum absolute atomic E-state index is 11.2. The van der Waals surface area contributed by atoms with Gasteiger partial charge in [0.05, 0.1) is 39.5 Å². The van der Waals surface area contributed by atoms with Gasteiger partial charge in [-0.3, -0.25) is 34.0 Å². The predicted octanol–water partition coefficient (Wildman–Crippen LogP) is -1.88. The lowest BCUT2D eigenvalue weighted by atomic mass is 10.3. The Balaban J connectivity index is 2.80. The van der Waals surface area contributed by atoms with Crippen LogP contribution in [0, 0.1) is 0 Å². The largest absolute Gasteiger partial charge is 0.480 e. The molecule has 0 atom stereocenters. The maximum atomic E-state index is 11.2. The van der Waals surface area contributed by atoms with E-state index in [1.807, 2.05) is 0 Å². The minimum atomic E-state index is -0.971. The predicted molar refractivity (Wildman–Crippen MR) is 111 cm³/mol. The zero-order valence-electron chi connectivity index (χ0n) is 18.3. The first kappa shape index (κ1) is 27.2. The fraction of sp³-hybridized carbons (Fsp3) is 0.842. The molecule has 1 aliphatic rings. The molecule has 0 spiro atoms. The summed E-state index contributed by atoms with van der Waals surface area (Å²) in [6.45, 7) is 5.52. The lowest BCUT2D eigenvalue weighted by molar-refractivity contribution is -0.140. The lowest BCUT2D eigenvalue weighted by Crippen LogP contribution is -2.48. The molecule has 3 N–H and O–H groups in total. The quantitative estimate of drug-likeness (QED) is 0.288. The van der Waals surface area contributed by atoms with Gasteiger partial charge in [0, 0.05) is 66.0 Å². The third-order valence-corrected chi connectivity index (χ3v) is 4.99. The van der Waals surface area contributed by atoms with Crippen LogP contribution in [0.2, 0.25) is 0 Å². The van der Waals surface area contributed by atoms with Crippen molar-refractivity contribution in [3.8, 4) is 0 Å². The fourth-order valence-corrected chi connectivity index (χ4v) is 3.29. The zero-order valence-corrected chi connectivity index (χ0v) is 18.3. The second kappa shape index (κ2) is 15.9. The third kappa shape index (κ3) is 14.0. The van der Waals surface area contributed by atoms with Crippen LogP contribution in [-0.2, 0) is 23.9 Å². The monoisotopic (exact) mass is 448 g/mol. The molecular weight excluding hydrogens is 412 g/mol. The van der Waals surface area contributed by atoms with Crippen molar-refractivity contribution in [3.63, 3.8) is 0 Å². The molecule has 0 amide bonds. The summed E-state index contributed by atoms with van der Waals surface area (Å²) in [5.74, 6) is -2.83. The minimum absolute atomic E-state index is 0.121. The Morgan fingerprint density at radius 1 is 0.613 bits per heavy atom. The highest BCUT2D eigenvalue weighted by molar-refractivity contribution is 5.69. The van der Waals surface area contributed by atoms with Gasteiger partial charge in [0.25, 0.3) is 0 Å². The van der Waals surface area contributed by atoms with Gasteiger partial charge in [0.15, 0.2) is 0 Å². The standard InChI is InChI=1S/C19H36N4O8/c1-30-12-13-31-11-10-20-2-4-21(14-17(24)25)6-8-23(16-19(28)29)9-7-22(5-3-20)15-18(26)27/h2-16H2,1H3,(H,24,25)(H,26,27)(H,28,29). The van der Waals surface area contributed by atoms with Crippen molar-refractivity contribution in [3.05, 3.63) is 0 Å².